The number of aliphatic hydroxyl groups is 2. The van der Waals surface area contributed by atoms with Crippen LogP contribution < -0.4 is 0 Å². The van der Waals surface area contributed by atoms with E-state index in [1.807, 2.05) is 13.8 Å². The number of carbonyl (C=O) groups excluding carboxylic acids is 1. The first-order chi connectivity index (χ1) is 9.86. The first-order valence-corrected chi connectivity index (χ1v) is 7.66. The minimum Gasteiger partial charge on any atom is -0.461 e. The maximum Gasteiger partial charge on any atom is 0.312 e. The van der Waals surface area contributed by atoms with Gasteiger partial charge in [-0.15, -0.1) is 0 Å². The molecule has 0 aromatic rings. The third-order valence-electron chi connectivity index (χ3n) is 5.62. The van der Waals surface area contributed by atoms with Gasteiger partial charge in [-0.05, 0) is 38.7 Å². The lowest BCUT2D eigenvalue weighted by atomic mass is 9.77. The molecule has 0 radical (unpaired) electrons. The topological polar surface area (TPSA) is 76.0 Å². The number of methoxy groups -OCH3 is 1. The number of esters is 1. The van der Waals surface area contributed by atoms with E-state index in [2.05, 4.69) is 0 Å². The maximum atomic E-state index is 12.1. The molecule has 5 nitrogen and oxygen atoms in total. The van der Waals surface area contributed by atoms with Crippen LogP contribution in [0.2, 0.25) is 0 Å². The molecule has 2 aliphatic carbocycles. The van der Waals surface area contributed by atoms with E-state index in [1.165, 1.54) is 0 Å². The van der Waals surface area contributed by atoms with Crippen molar-refractivity contribution in [2.24, 2.45) is 17.8 Å². The summed E-state index contributed by atoms with van der Waals surface area (Å²) < 4.78 is 10.8. The monoisotopic (exact) mass is 296 g/mol. The molecule has 5 heteroatoms. The molecular weight excluding hydrogens is 272 g/mol. The summed E-state index contributed by atoms with van der Waals surface area (Å²) in [6.45, 7) is 4.04. The van der Waals surface area contributed by atoms with Gasteiger partial charge in [0, 0.05) is 18.9 Å². The lowest BCUT2D eigenvalue weighted by Gasteiger charge is -2.32. The lowest BCUT2D eigenvalue weighted by Crippen LogP contribution is -2.41. The molecule has 1 aliphatic heterocycles. The fraction of sp³-hybridized carbons (Fsp3) is 0.812. The van der Waals surface area contributed by atoms with Crippen LogP contribution in [0.1, 0.15) is 33.1 Å². The quantitative estimate of drug-likeness (QED) is 0.588. The second kappa shape index (κ2) is 5.07. The Hall–Kier alpha value is -0.910. The molecule has 0 aromatic heterocycles. The van der Waals surface area contributed by atoms with Gasteiger partial charge < -0.3 is 19.7 Å². The molecule has 0 amide bonds. The summed E-state index contributed by atoms with van der Waals surface area (Å²) in [5.74, 6) is -0.918. The van der Waals surface area contributed by atoms with Gasteiger partial charge in [0.2, 0.25) is 0 Å². The number of carbonyl (C=O) groups is 1. The molecule has 0 aromatic carbocycles. The zero-order chi connectivity index (χ0) is 15.4. The first kappa shape index (κ1) is 15.0. The van der Waals surface area contributed by atoms with Crippen LogP contribution in [0.15, 0.2) is 11.1 Å². The highest BCUT2D eigenvalue weighted by Gasteiger charge is 2.57. The van der Waals surface area contributed by atoms with Gasteiger partial charge in [0.1, 0.15) is 6.10 Å². The van der Waals surface area contributed by atoms with Gasteiger partial charge in [-0.25, -0.2) is 0 Å². The van der Waals surface area contributed by atoms with Crippen LogP contribution in [0.25, 0.3) is 0 Å². The van der Waals surface area contributed by atoms with Crippen molar-refractivity contribution in [3.63, 3.8) is 0 Å². The van der Waals surface area contributed by atoms with Crippen molar-refractivity contribution in [1.82, 2.24) is 0 Å². The summed E-state index contributed by atoms with van der Waals surface area (Å²) in [6, 6.07) is 0. The largest absolute Gasteiger partial charge is 0.461 e. The zero-order valence-corrected chi connectivity index (χ0v) is 12.8. The van der Waals surface area contributed by atoms with E-state index in [0.717, 1.165) is 17.6 Å². The van der Waals surface area contributed by atoms with Crippen LogP contribution in [0.3, 0.4) is 0 Å². The molecule has 118 valence electrons. The van der Waals surface area contributed by atoms with Crippen LogP contribution in [0.5, 0.6) is 0 Å². The van der Waals surface area contributed by atoms with E-state index in [9.17, 15) is 15.0 Å². The zero-order valence-electron chi connectivity index (χ0n) is 12.8. The van der Waals surface area contributed by atoms with E-state index in [0.29, 0.717) is 19.4 Å². The van der Waals surface area contributed by atoms with Crippen molar-refractivity contribution in [2.75, 3.05) is 13.7 Å². The van der Waals surface area contributed by atoms with Gasteiger partial charge in [0.25, 0.3) is 0 Å². The number of hydrogen-bond donors (Lipinski definition) is 2. The summed E-state index contributed by atoms with van der Waals surface area (Å²) >= 11 is 0. The Labute approximate surface area is 124 Å². The van der Waals surface area contributed by atoms with Crippen molar-refractivity contribution < 1.29 is 24.5 Å². The lowest BCUT2D eigenvalue weighted by molar-refractivity contribution is -0.148. The molecule has 0 spiro atoms. The van der Waals surface area contributed by atoms with Crippen LogP contribution in [0, 0.1) is 17.8 Å². The number of hydrogen-bond acceptors (Lipinski definition) is 5. The molecule has 3 rings (SSSR count). The smallest absolute Gasteiger partial charge is 0.312 e. The predicted molar refractivity (Wildman–Crippen MR) is 75.4 cm³/mol. The van der Waals surface area contributed by atoms with Crippen LogP contribution in [0.4, 0.5) is 0 Å². The van der Waals surface area contributed by atoms with Gasteiger partial charge in [0.15, 0.2) is 0 Å². The number of ether oxygens (including phenoxy) is 2. The second-order valence-electron chi connectivity index (χ2n) is 6.92. The highest BCUT2D eigenvalue weighted by atomic mass is 16.6. The van der Waals surface area contributed by atoms with E-state index in [4.69, 9.17) is 9.47 Å². The van der Waals surface area contributed by atoms with E-state index in [-0.39, 0.29) is 29.8 Å². The van der Waals surface area contributed by atoms with Crippen molar-refractivity contribution in [1.29, 1.82) is 0 Å². The van der Waals surface area contributed by atoms with Crippen molar-refractivity contribution >= 4 is 5.97 Å². The van der Waals surface area contributed by atoms with Crippen LogP contribution in [-0.4, -0.2) is 47.7 Å². The van der Waals surface area contributed by atoms with Gasteiger partial charge in [0.05, 0.1) is 24.2 Å². The fourth-order valence-electron chi connectivity index (χ4n) is 4.41. The third kappa shape index (κ3) is 2.22. The molecule has 3 aliphatic rings. The van der Waals surface area contributed by atoms with Gasteiger partial charge in [-0.3, -0.25) is 4.79 Å². The first-order valence-electron chi connectivity index (χ1n) is 7.66. The minimum absolute atomic E-state index is 0.102. The summed E-state index contributed by atoms with van der Waals surface area (Å²) in [5, 5.41) is 21.2. The molecule has 1 heterocycles. The Morgan fingerprint density at radius 3 is 2.86 bits per heavy atom. The molecule has 6 atom stereocenters. The Kier molecular flexibility index (Phi) is 3.62. The Bertz CT molecular complexity index is 481. The van der Waals surface area contributed by atoms with E-state index >= 15 is 0 Å². The molecular formula is C16H24O5. The number of fused-ring (bicyclic) bond motifs is 3. The van der Waals surface area contributed by atoms with Gasteiger partial charge in [-0.1, -0.05) is 5.57 Å². The SMILES string of the molecule is COC[C@@H]1C(=O)O[C@H]2[C@H]1C[C@@H](O)C(C)=C1CC[C@@](C)(O)[C@@H]12. The molecule has 2 N–H and O–H groups in total. The Balaban J connectivity index is 2.02. The summed E-state index contributed by atoms with van der Waals surface area (Å²) in [7, 11) is 1.56. The Morgan fingerprint density at radius 1 is 1.48 bits per heavy atom. The fourth-order valence-corrected chi connectivity index (χ4v) is 4.41. The number of rotatable bonds is 2. The Morgan fingerprint density at radius 2 is 2.19 bits per heavy atom. The molecule has 0 unspecified atom stereocenters. The van der Waals surface area contributed by atoms with Gasteiger partial charge >= 0.3 is 5.97 Å². The van der Waals surface area contributed by atoms with E-state index in [1.54, 1.807) is 7.11 Å². The molecule has 1 saturated heterocycles. The van der Waals surface area contributed by atoms with Crippen LogP contribution in [-0.2, 0) is 14.3 Å². The van der Waals surface area contributed by atoms with E-state index < -0.39 is 11.7 Å². The highest BCUT2D eigenvalue weighted by molar-refractivity contribution is 5.75. The summed E-state index contributed by atoms with van der Waals surface area (Å²) in [4.78, 5) is 12.1. The molecule has 1 saturated carbocycles. The van der Waals surface area contributed by atoms with Gasteiger partial charge in [-0.2, -0.15) is 0 Å². The third-order valence-corrected chi connectivity index (χ3v) is 5.62. The van der Waals surface area contributed by atoms with Crippen LogP contribution >= 0.6 is 0 Å². The van der Waals surface area contributed by atoms with Crippen molar-refractivity contribution in [3.8, 4) is 0 Å². The molecule has 2 fully saturated rings. The average Bonchev–Trinajstić information content (AvgIpc) is 2.84. The second-order valence-corrected chi connectivity index (χ2v) is 6.92. The highest BCUT2D eigenvalue weighted by Crippen LogP contribution is 2.52. The number of aliphatic hydroxyl groups excluding tert-OH is 1. The summed E-state index contributed by atoms with van der Waals surface area (Å²) in [6.07, 6.45) is 0.979. The molecule has 0 bridgehead atoms. The normalized spacial score (nSPS) is 46.1. The minimum atomic E-state index is -0.883. The predicted octanol–water partition coefficient (Wildman–Crippen LogP) is 1.03. The molecule has 21 heavy (non-hydrogen) atoms. The maximum absolute atomic E-state index is 12.1. The van der Waals surface area contributed by atoms with Crippen molar-refractivity contribution in [3.05, 3.63) is 11.1 Å². The average molecular weight is 296 g/mol. The summed E-state index contributed by atoms with van der Waals surface area (Å²) in [5.41, 5.74) is 1.14. The van der Waals surface area contributed by atoms with Crippen molar-refractivity contribution in [2.45, 2.75) is 50.9 Å². The standard InChI is InChI=1S/C16H24O5/c1-8-9-4-5-16(2,19)13(9)14-10(6-12(8)17)11(7-20-3)15(18)21-14/h10-14,17,19H,4-7H2,1-3H3/t10-,11-,12+,13-,14-,16+/m0/s1.